The summed E-state index contributed by atoms with van der Waals surface area (Å²) in [6, 6.07) is 2.37. The molecule has 1 unspecified atom stereocenters. The van der Waals surface area contributed by atoms with Crippen molar-refractivity contribution >= 4 is 11.6 Å². The molecule has 1 aromatic rings. The van der Waals surface area contributed by atoms with E-state index in [-0.39, 0.29) is 0 Å². The van der Waals surface area contributed by atoms with Crippen molar-refractivity contribution in [3.63, 3.8) is 0 Å². The minimum Gasteiger partial charge on any atom is -0.476 e. The monoisotopic (exact) mass is 284 g/mol. The fraction of sp³-hybridized carbons (Fsp3) is 0.667. The van der Waals surface area contributed by atoms with E-state index in [2.05, 4.69) is 38.0 Å². The van der Waals surface area contributed by atoms with Crippen LogP contribution in [0.1, 0.15) is 46.1 Å². The first kappa shape index (κ1) is 16.3. The van der Waals surface area contributed by atoms with Crippen molar-refractivity contribution in [2.24, 2.45) is 5.92 Å². The Balaban J connectivity index is 2.52. The number of nitrogens with zero attached hydrogens (tertiary/aromatic N) is 1. The molecule has 0 amide bonds. The highest BCUT2D eigenvalue weighted by molar-refractivity contribution is 6.31. The summed E-state index contributed by atoms with van der Waals surface area (Å²) in [5, 5.41) is 3.93. The second-order valence-electron chi connectivity index (χ2n) is 5.37. The number of hydrogen-bond donors (Lipinski definition) is 1. The van der Waals surface area contributed by atoms with Crippen LogP contribution in [0.5, 0.6) is 5.88 Å². The lowest BCUT2D eigenvalue weighted by atomic mass is 10.1. The summed E-state index contributed by atoms with van der Waals surface area (Å²) in [4.78, 5) is 4.29. The van der Waals surface area contributed by atoms with Gasteiger partial charge in [-0.2, -0.15) is 0 Å². The molecule has 3 nitrogen and oxygen atoms in total. The van der Waals surface area contributed by atoms with E-state index in [1.54, 1.807) is 0 Å². The van der Waals surface area contributed by atoms with Crippen LogP contribution in [0.25, 0.3) is 0 Å². The zero-order valence-corrected chi connectivity index (χ0v) is 13.1. The molecule has 1 aromatic heterocycles. The van der Waals surface area contributed by atoms with Crippen molar-refractivity contribution in [3.8, 4) is 5.88 Å². The van der Waals surface area contributed by atoms with Crippen LogP contribution in [0.2, 0.25) is 5.02 Å². The molecule has 0 aliphatic rings. The van der Waals surface area contributed by atoms with Crippen molar-refractivity contribution in [1.82, 2.24) is 10.3 Å². The van der Waals surface area contributed by atoms with Crippen LogP contribution in [-0.2, 0) is 6.54 Å². The van der Waals surface area contributed by atoms with Gasteiger partial charge in [-0.15, -0.1) is 0 Å². The molecule has 0 aromatic carbocycles. The Kier molecular flexibility index (Phi) is 7.17. The van der Waals surface area contributed by atoms with Gasteiger partial charge in [0, 0.05) is 18.8 Å². The zero-order valence-electron chi connectivity index (χ0n) is 12.4. The summed E-state index contributed by atoms with van der Waals surface area (Å²) < 4.78 is 5.67. The maximum Gasteiger partial charge on any atom is 0.232 e. The number of rotatable bonds is 8. The largest absolute Gasteiger partial charge is 0.476 e. The van der Waals surface area contributed by atoms with Crippen molar-refractivity contribution in [2.45, 2.75) is 53.1 Å². The second-order valence-corrected chi connectivity index (χ2v) is 5.78. The highest BCUT2D eigenvalue weighted by atomic mass is 35.5. The van der Waals surface area contributed by atoms with Gasteiger partial charge < -0.3 is 10.1 Å². The molecule has 1 rings (SSSR count). The predicted molar refractivity (Wildman–Crippen MR) is 80.8 cm³/mol. The highest BCUT2D eigenvalue weighted by Gasteiger charge is 2.08. The molecule has 1 heterocycles. The van der Waals surface area contributed by atoms with Gasteiger partial charge in [-0.3, -0.25) is 0 Å². The fourth-order valence-corrected chi connectivity index (χ4v) is 2.03. The smallest absolute Gasteiger partial charge is 0.232 e. The van der Waals surface area contributed by atoms with Gasteiger partial charge in [-0.25, -0.2) is 4.98 Å². The molecule has 0 radical (unpaired) electrons. The molecular weight excluding hydrogens is 260 g/mol. The number of pyridine rings is 1. The zero-order chi connectivity index (χ0) is 14.3. The number of aromatic nitrogens is 1. The Hall–Kier alpha value is -0.800. The number of nitrogens with one attached hydrogen (secondary N) is 1. The van der Waals surface area contributed by atoms with Gasteiger partial charge in [0.15, 0.2) is 0 Å². The topological polar surface area (TPSA) is 34.1 Å². The lowest BCUT2D eigenvalue weighted by Crippen LogP contribution is -2.21. The van der Waals surface area contributed by atoms with Gasteiger partial charge in [0.05, 0.1) is 6.61 Å². The first-order valence-corrected chi connectivity index (χ1v) is 7.41. The summed E-state index contributed by atoms with van der Waals surface area (Å²) in [7, 11) is 0. The average molecular weight is 285 g/mol. The third kappa shape index (κ3) is 6.26. The Morgan fingerprint density at radius 3 is 2.68 bits per heavy atom. The van der Waals surface area contributed by atoms with Crippen molar-refractivity contribution < 1.29 is 4.74 Å². The van der Waals surface area contributed by atoms with Gasteiger partial charge in [-0.05, 0) is 24.0 Å². The van der Waals surface area contributed by atoms with E-state index in [1.165, 1.54) is 6.42 Å². The van der Waals surface area contributed by atoms with E-state index in [9.17, 15) is 0 Å². The molecule has 19 heavy (non-hydrogen) atoms. The molecule has 0 aliphatic carbocycles. The summed E-state index contributed by atoms with van der Waals surface area (Å²) in [6.07, 6.45) is 4.15. The first-order chi connectivity index (χ1) is 9.02. The van der Waals surface area contributed by atoms with E-state index < -0.39 is 0 Å². The average Bonchev–Trinajstić information content (AvgIpc) is 2.35. The summed E-state index contributed by atoms with van der Waals surface area (Å²) in [5.41, 5.74) is 1.08. The maximum atomic E-state index is 6.19. The van der Waals surface area contributed by atoms with E-state index in [0.717, 1.165) is 18.5 Å². The quantitative estimate of drug-likeness (QED) is 0.782. The van der Waals surface area contributed by atoms with E-state index in [4.69, 9.17) is 16.3 Å². The molecule has 1 atom stereocenters. The van der Waals surface area contributed by atoms with Crippen LogP contribution in [0, 0.1) is 5.92 Å². The lowest BCUT2D eigenvalue weighted by molar-refractivity contribution is 0.243. The minimum atomic E-state index is 0.449. The standard InChI is InChI=1S/C15H25ClN2O/c1-5-6-12(4)10-19-15-14(16)7-13(9-18-15)8-17-11(2)3/h7,9,11-12,17H,5-6,8,10H2,1-4H3. The number of halogens is 1. The van der Waals surface area contributed by atoms with Crippen molar-refractivity contribution in [1.29, 1.82) is 0 Å². The van der Waals surface area contributed by atoms with Gasteiger partial charge in [0.25, 0.3) is 0 Å². The predicted octanol–water partition coefficient (Wildman–Crippen LogP) is 4.05. The van der Waals surface area contributed by atoms with E-state index in [1.807, 2.05) is 12.3 Å². The van der Waals surface area contributed by atoms with Gasteiger partial charge >= 0.3 is 0 Å². The Morgan fingerprint density at radius 2 is 2.11 bits per heavy atom. The van der Waals surface area contributed by atoms with Crippen LogP contribution < -0.4 is 10.1 Å². The second kappa shape index (κ2) is 8.39. The SMILES string of the molecule is CCCC(C)COc1ncc(CNC(C)C)cc1Cl. The maximum absolute atomic E-state index is 6.19. The van der Waals surface area contributed by atoms with E-state index >= 15 is 0 Å². The molecule has 0 saturated heterocycles. The van der Waals surface area contributed by atoms with Gasteiger partial charge in [0.1, 0.15) is 5.02 Å². The Morgan fingerprint density at radius 1 is 1.37 bits per heavy atom. The summed E-state index contributed by atoms with van der Waals surface area (Å²) >= 11 is 6.19. The molecule has 0 fully saturated rings. The molecule has 0 spiro atoms. The normalized spacial score (nSPS) is 12.7. The van der Waals surface area contributed by atoms with Gasteiger partial charge in [-0.1, -0.05) is 45.7 Å². The molecule has 0 aliphatic heterocycles. The minimum absolute atomic E-state index is 0.449. The van der Waals surface area contributed by atoms with Crippen LogP contribution in [0.15, 0.2) is 12.3 Å². The van der Waals surface area contributed by atoms with Crippen LogP contribution in [-0.4, -0.2) is 17.6 Å². The number of hydrogen-bond acceptors (Lipinski definition) is 3. The lowest BCUT2D eigenvalue weighted by Gasteiger charge is -2.13. The highest BCUT2D eigenvalue weighted by Crippen LogP contribution is 2.23. The van der Waals surface area contributed by atoms with E-state index in [0.29, 0.717) is 29.5 Å². The molecule has 4 heteroatoms. The van der Waals surface area contributed by atoms with Gasteiger partial charge in [0.2, 0.25) is 5.88 Å². The Bertz CT molecular complexity index is 382. The molecule has 108 valence electrons. The summed E-state index contributed by atoms with van der Waals surface area (Å²) in [6.45, 7) is 10.0. The number of ether oxygens (including phenoxy) is 1. The van der Waals surface area contributed by atoms with Crippen molar-refractivity contribution in [3.05, 3.63) is 22.8 Å². The van der Waals surface area contributed by atoms with Crippen LogP contribution in [0.3, 0.4) is 0 Å². The first-order valence-electron chi connectivity index (χ1n) is 7.03. The molecular formula is C15H25ClN2O. The Labute approximate surface area is 121 Å². The summed E-state index contributed by atoms with van der Waals surface area (Å²) in [5.74, 6) is 1.07. The van der Waals surface area contributed by atoms with Crippen LogP contribution >= 0.6 is 11.6 Å². The molecule has 0 bridgehead atoms. The third-order valence-corrected chi connectivity index (χ3v) is 3.14. The van der Waals surface area contributed by atoms with Crippen LogP contribution in [0.4, 0.5) is 0 Å². The molecule has 1 N–H and O–H groups in total. The fourth-order valence-electron chi connectivity index (χ4n) is 1.79. The van der Waals surface area contributed by atoms with Crippen molar-refractivity contribution in [2.75, 3.05) is 6.61 Å². The molecule has 0 saturated carbocycles. The third-order valence-electron chi connectivity index (χ3n) is 2.86.